The Kier molecular flexibility index (Phi) is 20.9. The van der Waals surface area contributed by atoms with Crippen molar-refractivity contribution < 1.29 is 33.9 Å². The van der Waals surface area contributed by atoms with Gasteiger partial charge in [0.2, 0.25) is 0 Å². The van der Waals surface area contributed by atoms with E-state index in [0.717, 1.165) is 84.2 Å². The zero-order chi connectivity index (χ0) is 24.8. The molecule has 0 aromatic rings. The van der Waals surface area contributed by atoms with Gasteiger partial charge in [-0.05, 0) is 64.7 Å². The second kappa shape index (κ2) is 21.0. The molecule has 0 aliphatic heterocycles. The first-order chi connectivity index (χ1) is 15.9. The van der Waals surface area contributed by atoms with Crippen molar-refractivity contribution in [1.29, 1.82) is 0 Å². The molecule has 0 bridgehead atoms. The second-order valence-electron chi connectivity index (χ2n) is 9.09. The molecule has 0 heterocycles. The molecule has 7 heteroatoms. The predicted molar refractivity (Wildman–Crippen MR) is 133 cm³/mol. The summed E-state index contributed by atoms with van der Waals surface area (Å²) in [5.41, 5.74) is -0.225. The van der Waals surface area contributed by atoms with E-state index in [0.29, 0.717) is 6.61 Å². The molecule has 0 aromatic heterocycles. The summed E-state index contributed by atoms with van der Waals surface area (Å²) >= 11 is 0. The fraction of sp³-hybridized carbons (Fsp3) is 1.00. The molecule has 2 unspecified atom stereocenters. The van der Waals surface area contributed by atoms with Crippen molar-refractivity contribution in [3.63, 3.8) is 0 Å². The van der Waals surface area contributed by atoms with Gasteiger partial charge in [-0.2, -0.15) is 0 Å². The molecule has 0 aliphatic rings. The van der Waals surface area contributed by atoms with E-state index >= 15 is 0 Å². The lowest BCUT2D eigenvalue weighted by Gasteiger charge is -2.33. The minimum Gasteiger partial charge on any atom is -0.394 e. The predicted octanol–water partition coefficient (Wildman–Crippen LogP) is 4.51. The van der Waals surface area contributed by atoms with Gasteiger partial charge in [0.1, 0.15) is 6.10 Å². The number of rotatable bonds is 25. The van der Waals surface area contributed by atoms with Gasteiger partial charge in [0.05, 0.1) is 37.6 Å². The summed E-state index contributed by atoms with van der Waals surface area (Å²) in [7, 11) is 0. The van der Waals surface area contributed by atoms with Crippen molar-refractivity contribution in [1.82, 2.24) is 0 Å². The highest BCUT2D eigenvalue weighted by molar-refractivity contribution is 4.79. The lowest BCUT2D eigenvalue weighted by Crippen LogP contribution is -2.33. The zero-order valence-corrected chi connectivity index (χ0v) is 22.2. The molecular formula is C26H54O7. The van der Waals surface area contributed by atoms with E-state index in [4.69, 9.17) is 28.8 Å². The highest BCUT2D eigenvalue weighted by Crippen LogP contribution is 2.28. The summed E-state index contributed by atoms with van der Waals surface area (Å²) in [6.45, 7) is 15.2. The lowest BCUT2D eigenvalue weighted by molar-refractivity contribution is -0.0816. The molecule has 2 atom stereocenters. The van der Waals surface area contributed by atoms with Crippen LogP contribution in [0, 0.1) is 0 Å². The maximum absolute atomic E-state index is 9.76. The van der Waals surface area contributed by atoms with Gasteiger partial charge in [0.15, 0.2) is 0 Å². The molecule has 2 N–H and O–H groups in total. The van der Waals surface area contributed by atoms with Gasteiger partial charge in [-0.25, -0.2) is 0 Å². The Labute approximate surface area is 203 Å². The normalized spacial score (nSPS) is 15.0. The van der Waals surface area contributed by atoms with E-state index in [2.05, 4.69) is 34.6 Å². The molecule has 7 nitrogen and oxygen atoms in total. The number of aliphatic hydroxyl groups is 2. The largest absolute Gasteiger partial charge is 0.394 e. The summed E-state index contributed by atoms with van der Waals surface area (Å²) in [4.78, 5) is 0. The van der Waals surface area contributed by atoms with Gasteiger partial charge in [-0.3, -0.25) is 0 Å². The third-order valence-corrected chi connectivity index (χ3v) is 6.30. The third kappa shape index (κ3) is 16.9. The SMILES string of the molecule is CCCOCCCOC(CC)(CC)CCCOC(C)(CC)CCCOCC(O)COCCO. The van der Waals surface area contributed by atoms with Crippen LogP contribution in [0.25, 0.3) is 0 Å². The molecule has 0 rings (SSSR count). The summed E-state index contributed by atoms with van der Waals surface area (Å²) in [6, 6.07) is 0. The van der Waals surface area contributed by atoms with Crippen LogP contribution in [0.3, 0.4) is 0 Å². The van der Waals surface area contributed by atoms with Crippen LogP contribution >= 0.6 is 0 Å². The molecule has 0 fully saturated rings. The van der Waals surface area contributed by atoms with E-state index in [1.807, 2.05) is 0 Å². The molecule has 0 amide bonds. The monoisotopic (exact) mass is 478 g/mol. The van der Waals surface area contributed by atoms with Gasteiger partial charge in [0.25, 0.3) is 0 Å². The van der Waals surface area contributed by atoms with Crippen molar-refractivity contribution in [3.05, 3.63) is 0 Å². The van der Waals surface area contributed by atoms with Gasteiger partial charge in [-0.15, -0.1) is 0 Å². The number of aliphatic hydroxyl groups excluding tert-OH is 2. The van der Waals surface area contributed by atoms with Crippen molar-refractivity contribution >= 4 is 0 Å². The Morgan fingerprint density at radius 3 is 1.88 bits per heavy atom. The third-order valence-electron chi connectivity index (χ3n) is 6.30. The van der Waals surface area contributed by atoms with Crippen molar-refractivity contribution in [2.75, 3.05) is 59.5 Å². The molecule has 0 aliphatic carbocycles. The van der Waals surface area contributed by atoms with Crippen LogP contribution in [0.5, 0.6) is 0 Å². The molecule has 33 heavy (non-hydrogen) atoms. The Morgan fingerprint density at radius 1 is 0.667 bits per heavy atom. The van der Waals surface area contributed by atoms with Gasteiger partial charge in [0, 0.05) is 33.0 Å². The Morgan fingerprint density at radius 2 is 1.27 bits per heavy atom. The molecule has 0 radical (unpaired) electrons. The van der Waals surface area contributed by atoms with Crippen LogP contribution in [0.15, 0.2) is 0 Å². The molecule has 0 aromatic carbocycles. The van der Waals surface area contributed by atoms with Crippen molar-refractivity contribution in [3.8, 4) is 0 Å². The van der Waals surface area contributed by atoms with E-state index in [1.54, 1.807) is 0 Å². The second-order valence-corrected chi connectivity index (χ2v) is 9.09. The molecule has 0 saturated carbocycles. The topological polar surface area (TPSA) is 86.6 Å². The first kappa shape index (κ1) is 32.7. The number of hydrogen-bond donors (Lipinski definition) is 2. The van der Waals surface area contributed by atoms with E-state index < -0.39 is 6.10 Å². The molecular weight excluding hydrogens is 424 g/mol. The van der Waals surface area contributed by atoms with E-state index in [1.165, 1.54) is 0 Å². The molecule has 0 spiro atoms. The zero-order valence-electron chi connectivity index (χ0n) is 22.2. The van der Waals surface area contributed by atoms with Crippen LogP contribution in [0.1, 0.15) is 92.4 Å². The maximum atomic E-state index is 9.76. The number of ether oxygens (including phenoxy) is 5. The van der Waals surface area contributed by atoms with Crippen LogP contribution in [-0.4, -0.2) is 87.0 Å². The Bertz CT molecular complexity index is 417. The van der Waals surface area contributed by atoms with Gasteiger partial charge >= 0.3 is 0 Å². The van der Waals surface area contributed by atoms with Crippen LogP contribution in [0.2, 0.25) is 0 Å². The lowest BCUT2D eigenvalue weighted by atomic mass is 9.91. The quantitative estimate of drug-likeness (QED) is 0.187. The standard InChI is InChI=1S/C26H54O7/c1-6-16-29-18-12-20-33-26(8-3,9-4)14-11-19-32-25(5,7-2)13-10-17-30-22-24(28)23-31-21-15-27/h24,27-28H,6-23H2,1-5H3. The summed E-state index contributed by atoms with van der Waals surface area (Å²) in [5.74, 6) is 0. The van der Waals surface area contributed by atoms with Gasteiger partial charge in [-0.1, -0.05) is 27.7 Å². The first-order valence-electron chi connectivity index (χ1n) is 13.2. The Balaban J connectivity index is 4.12. The summed E-state index contributed by atoms with van der Waals surface area (Å²) in [5, 5.41) is 18.4. The minimum absolute atomic E-state index is 0.0391. The summed E-state index contributed by atoms with van der Waals surface area (Å²) < 4.78 is 28.8. The highest BCUT2D eigenvalue weighted by Gasteiger charge is 2.27. The van der Waals surface area contributed by atoms with Crippen molar-refractivity contribution in [2.45, 2.75) is 110 Å². The maximum Gasteiger partial charge on any atom is 0.101 e. The molecule has 200 valence electrons. The molecule has 0 saturated heterocycles. The van der Waals surface area contributed by atoms with E-state index in [9.17, 15) is 5.11 Å². The first-order valence-corrected chi connectivity index (χ1v) is 13.2. The van der Waals surface area contributed by atoms with E-state index in [-0.39, 0.29) is 37.6 Å². The van der Waals surface area contributed by atoms with Crippen LogP contribution in [0.4, 0.5) is 0 Å². The fourth-order valence-corrected chi connectivity index (χ4v) is 3.74. The summed E-state index contributed by atoms with van der Waals surface area (Å²) in [6.07, 6.45) is 8.11. The Hall–Kier alpha value is -0.280. The highest BCUT2D eigenvalue weighted by atomic mass is 16.5. The van der Waals surface area contributed by atoms with Crippen LogP contribution < -0.4 is 0 Å². The van der Waals surface area contributed by atoms with Crippen LogP contribution in [-0.2, 0) is 23.7 Å². The number of hydrogen-bond acceptors (Lipinski definition) is 7. The van der Waals surface area contributed by atoms with Crippen molar-refractivity contribution in [2.24, 2.45) is 0 Å². The van der Waals surface area contributed by atoms with Gasteiger partial charge < -0.3 is 33.9 Å². The smallest absolute Gasteiger partial charge is 0.101 e. The average molecular weight is 479 g/mol. The minimum atomic E-state index is -0.658. The fourth-order valence-electron chi connectivity index (χ4n) is 3.74. The average Bonchev–Trinajstić information content (AvgIpc) is 2.82.